The third kappa shape index (κ3) is 4.65. The molecule has 4 rings (SSSR count). The summed E-state index contributed by atoms with van der Waals surface area (Å²) in [6.45, 7) is 3.55. The summed E-state index contributed by atoms with van der Waals surface area (Å²) in [4.78, 5) is 25.3. The Labute approximate surface area is 197 Å². The maximum atomic E-state index is 12.8. The smallest absolute Gasteiger partial charge is 0.271 e. The van der Waals surface area contributed by atoms with Gasteiger partial charge in [-0.05, 0) is 61.4 Å². The van der Waals surface area contributed by atoms with Crippen molar-refractivity contribution in [3.05, 3.63) is 95.2 Å². The minimum atomic E-state index is -3.78. The summed E-state index contributed by atoms with van der Waals surface area (Å²) in [7, 11) is -1.94. The Hall–Kier alpha value is -4.11. The highest BCUT2D eigenvalue weighted by Gasteiger charge is 2.18. The van der Waals surface area contributed by atoms with Crippen molar-refractivity contribution in [1.82, 2.24) is 15.4 Å². The lowest BCUT2D eigenvalue weighted by Crippen LogP contribution is -2.41. The summed E-state index contributed by atoms with van der Waals surface area (Å²) in [6, 6.07) is 18.6. The van der Waals surface area contributed by atoms with E-state index in [4.69, 9.17) is 0 Å². The van der Waals surface area contributed by atoms with Crippen molar-refractivity contribution >= 4 is 38.4 Å². The fourth-order valence-corrected chi connectivity index (χ4v) is 5.06. The van der Waals surface area contributed by atoms with Crippen molar-refractivity contribution in [3.8, 4) is 0 Å². The molecule has 1 heterocycles. The Balaban J connectivity index is 1.42. The number of carbonyl (C=O) groups is 2. The third-order valence-corrected chi connectivity index (χ3v) is 6.99. The number of nitrogens with zero attached hydrogens (tertiary/aromatic N) is 1. The van der Waals surface area contributed by atoms with E-state index in [-0.39, 0.29) is 10.5 Å². The van der Waals surface area contributed by atoms with Crippen LogP contribution in [0.2, 0.25) is 0 Å². The Bertz CT molecular complexity index is 1510. The average molecular weight is 477 g/mol. The van der Waals surface area contributed by atoms with Crippen molar-refractivity contribution in [2.75, 3.05) is 4.72 Å². The first kappa shape index (κ1) is 23.1. The first-order valence-corrected chi connectivity index (χ1v) is 12.0. The van der Waals surface area contributed by atoms with Gasteiger partial charge in [-0.2, -0.15) is 0 Å². The summed E-state index contributed by atoms with van der Waals surface area (Å²) in [5.74, 6) is -0.972. The first-order chi connectivity index (χ1) is 16.2. The maximum Gasteiger partial charge on any atom is 0.271 e. The molecule has 0 aliphatic rings. The van der Waals surface area contributed by atoms with Gasteiger partial charge in [0.2, 0.25) is 0 Å². The number of hydrogen-bond donors (Lipinski definition) is 3. The van der Waals surface area contributed by atoms with Crippen LogP contribution in [0.1, 0.15) is 31.8 Å². The van der Waals surface area contributed by atoms with E-state index < -0.39 is 21.8 Å². The van der Waals surface area contributed by atoms with Crippen LogP contribution in [0.25, 0.3) is 10.9 Å². The molecule has 174 valence electrons. The van der Waals surface area contributed by atoms with Gasteiger partial charge in [-0.3, -0.25) is 25.2 Å². The lowest BCUT2D eigenvalue weighted by molar-refractivity contribution is 0.0847. The molecule has 4 aromatic rings. The summed E-state index contributed by atoms with van der Waals surface area (Å²) < 4.78 is 29.9. The predicted octanol–water partition coefficient (Wildman–Crippen LogP) is 3.67. The summed E-state index contributed by atoms with van der Waals surface area (Å²) in [6.07, 6.45) is 1.70. The van der Waals surface area contributed by atoms with Crippen LogP contribution >= 0.6 is 0 Å². The number of anilines is 1. The van der Waals surface area contributed by atoms with Crippen LogP contribution in [0.5, 0.6) is 0 Å². The molecular weight excluding hydrogens is 452 g/mol. The molecule has 0 aliphatic carbocycles. The zero-order chi connectivity index (χ0) is 24.5. The molecule has 0 unspecified atom stereocenters. The number of sulfonamides is 1. The lowest BCUT2D eigenvalue weighted by atomic mass is 10.2. The molecule has 0 saturated carbocycles. The van der Waals surface area contributed by atoms with Gasteiger partial charge in [0.1, 0.15) is 0 Å². The summed E-state index contributed by atoms with van der Waals surface area (Å²) in [5.41, 5.74) is 8.20. The third-order valence-electron chi connectivity index (χ3n) is 5.46. The molecule has 2 amide bonds. The molecule has 0 spiro atoms. The highest BCUT2D eigenvalue weighted by Crippen LogP contribution is 2.22. The quantitative estimate of drug-likeness (QED) is 0.382. The number of amides is 2. The molecule has 3 N–H and O–H groups in total. The van der Waals surface area contributed by atoms with E-state index in [1.165, 1.54) is 24.3 Å². The molecule has 0 bridgehead atoms. The lowest BCUT2D eigenvalue weighted by Gasteiger charge is -2.12. The number of hydrogen-bond acceptors (Lipinski definition) is 4. The predicted molar refractivity (Wildman–Crippen MR) is 131 cm³/mol. The number of hydrazine groups is 1. The molecule has 34 heavy (non-hydrogen) atoms. The van der Waals surface area contributed by atoms with Crippen LogP contribution in [0.15, 0.2) is 77.8 Å². The van der Waals surface area contributed by atoms with Crippen molar-refractivity contribution in [3.63, 3.8) is 0 Å². The zero-order valence-electron chi connectivity index (χ0n) is 18.9. The Morgan fingerprint density at radius 1 is 0.853 bits per heavy atom. The largest absolute Gasteiger partial charge is 0.350 e. The first-order valence-electron chi connectivity index (χ1n) is 10.5. The molecule has 0 radical (unpaired) electrons. The maximum absolute atomic E-state index is 12.8. The highest BCUT2D eigenvalue weighted by molar-refractivity contribution is 7.92. The minimum Gasteiger partial charge on any atom is -0.350 e. The second-order valence-corrected chi connectivity index (χ2v) is 9.68. The van der Waals surface area contributed by atoms with Gasteiger partial charge in [-0.1, -0.05) is 30.3 Å². The number of fused-ring (bicyclic) bond motifs is 1. The molecule has 1 aromatic heterocycles. The monoisotopic (exact) mass is 476 g/mol. The molecule has 3 aromatic carbocycles. The molecule has 0 atom stereocenters. The second kappa shape index (κ2) is 9.03. The van der Waals surface area contributed by atoms with Crippen LogP contribution in [0.3, 0.4) is 0 Å². The molecule has 9 heteroatoms. The van der Waals surface area contributed by atoms with E-state index in [1.807, 2.05) is 48.9 Å². The Kier molecular flexibility index (Phi) is 6.12. The van der Waals surface area contributed by atoms with Crippen LogP contribution in [-0.2, 0) is 17.1 Å². The zero-order valence-corrected chi connectivity index (χ0v) is 19.7. The van der Waals surface area contributed by atoms with Gasteiger partial charge in [-0.25, -0.2) is 8.42 Å². The normalized spacial score (nSPS) is 11.3. The number of para-hydroxylation sites is 1. The average Bonchev–Trinajstić information content (AvgIpc) is 3.16. The Morgan fingerprint density at radius 2 is 1.53 bits per heavy atom. The highest BCUT2D eigenvalue weighted by atomic mass is 32.2. The number of rotatable bonds is 5. The minimum absolute atomic E-state index is 0.200. The summed E-state index contributed by atoms with van der Waals surface area (Å²) >= 11 is 0. The molecule has 0 saturated heterocycles. The van der Waals surface area contributed by atoms with Gasteiger partial charge in [0, 0.05) is 35.4 Å². The van der Waals surface area contributed by atoms with Gasteiger partial charge < -0.3 is 4.57 Å². The summed E-state index contributed by atoms with van der Waals surface area (Å²) in [5, 5.41) is 0.775. The van der Waals surface area contributed by atoms with Crippen LogP contribution in [-0.4, -0.2) is 24.8 Å². The topological polar surface area (TPSA) is 109 Å². The van der Waals surface area contributed by atoms with Gasteiger partial charge in [0.25, 0.3) is 21.8 Å². The van der Waals surface area contributed by atoms with E-state index >= 15 is 0 Å². The van der Waals surface area contributed by atoms with E-state index in [0.717, 1.165) is 16.5 Å². The van der Waals surface area contributed by atoms with Gasteiger partial charge in [0.05, 0.1) is 10.5 Å². The Morgan fingerprint density at radius 3 is 2.26 bits per heavy atom. The van der Waals surface area contributed by atoms with Gasteiger partial charge >= 0.3 is 0 Å². The molecule has 0 aliphatic heterocycles. The number of carbonyl (C=O) groups excluding carboxylic acids is 2. The standard InChI is InChI=1S/C25H24N4O4S/c1-16-8-9-17(2)23(14-16)34(32,33)28-19-12-10-18(11-13-19)24(30)26-27-25(31)21-15-29(3)22-7-5-4-6-20(21)22/h4-15,28H,1-3H3,(H,26,30)(H,27,31). The van der Waals surface area contributed by atoms with Gasteiger partial charge in [0.15, 0.2) is 0 Å². The number of nitrogens with one attached hydrogen (secondary N) is 3. The SMILES string of the molecule is Cc1ccc(C)c(S(=O)(=O)Nc2ccc(C(=O)NNC(=O)c3cn(C)c4ccccc34)cc2)c1. The number of benzene rings is 3. The molecule has 8 nitrogen and oxygen atoms in total. The van der Waals surface area contributed by atoms with E-state index in [2.05, 4.69) is 15.6 Å². The fourth-order valence-electron chi connectivity index (χ4n) is 3.67. The van der Waals surface area contributed by atoms with Crippen molar-refractivity contribution in [1.29, 1.82) is 0 Å². The van der Waals surface area contributed by atoms with Crippen molar-refractivity contribution < 1.29 is 18.0 Å². The number of aromatic nitrogens is 1. The fraction of sp³-hybridized carbons (Fsp3) is 0.120. The molecule has 0 fully saturated rings. The van der Waals surface area contributed by atoms with Crippen LogP contribution < -0.4 is 15.6 Å². The van der Waals surface area contributed by atoms with Gasteiger partial charge in [-0.15, -0.1) is 0 Å². The van der Waals surface area contributed by atoms with E-state index in [0.29, 0.717) is 16.8 Å². The van der Waals surface area contributed by atoms with Crippen molar-refractivity contribution in [2.45, 2.75) is 18.7 Å². The van der Waals surface area contributed by atoms with E-state index in [9.17, 15) is 18.0 Å². The van der Waals surface area contributed by atoms with Crippen molar-refractivity contribution in [2.24, 2.45) is 7.05 Å². The number of aryl methyl sites for hydroxylation is 3. The van der Waals surface area contributed by atoms with Crippen LogP contribution in [0, 0.1) is 13.8 Å². The second-order valence-electron chi connectivity index (χ2n) is 8.03. The molecular formula is C25H24N4O4S. The van der Waals surface area contributed by atoms with E-state index in [1.54, 1.807) is 25.3 Å². The van der Waals surface area contributed by atoms with Crippen LogP contribution in [0.4, 0.5) is 5.69 Å².